The molecule has 2 fully saturated rings. The van der Waals surface area contributed by atoms with Crippen molar-refractivity contribution in [1.29, 1.82) is 0 Å². The summed E-state index contributed by atoms with van der Waals surface area (Å²) in [6.45, 7) is 0. The van der Waals surface area contributed by atoms with Crippen molar-refractivity contribution in [3.8, 4) is 11.5 Å². The van der Waals surface area contributed by atoms with E-state index in [0.29, 0.717) is 44.9 Å². The van der Waals surface area contributed by atoms with Crippen LogP contribution in [0.3, 0.4) is 0 Å². The van der Waals surface area contributed by atoms with Crippen LogP contribution in [0.15, 0.2) is 127 Å². The SMILES string of the molecule is COc1ccc(C2=C(c3ccc(OC)cc3)[C@@]3(c4ccccc4)C(=O)[C@]2(c2ccccc2)[C@H]2C(=O)N(c4cc(C(F)(F)F)ccc4Cl)C(=O)[C@@H]23)cc1. The normalized spacial score (nSPS) is 23.7. The lowest BCUT2D eigenvalue weighted by atomic mass is 9.59. The minimum Gasteiger partial charge on any atom is -0.497 e. The molecule has 0 spiro atoms. The van der Waals surface area contributed by atoms with Crippen molar-refractivity contribution in [3.05, 3.63) is 160 Å². The Kier molecular flexibility index (Phi) is 7.69. The van der Waals surface area contributed by atoms with Gasteiger partial charge in [0, 0.05) is 0 Å². The molecule has 1 saturated carbocycles. The quantitative estimate of drug-likeness (QED) is 0.158. The molecule has 8 rings (SSSR count). The number of methoxy groups -OCH3 is 2. The molecule has 1 aliphatic heterocycles. The van der Waals surface area contributed by atoms with Gasteiger partial charge < -0.3 is 9.47 Å². The standard InChI is InChI=1S/C42H29ClF3NO5/c1-51-29-18-13-24(14-19-29)33-34(25-15-20-30(52-2)21-16-25)41(27-11-7-4-8-12-27)36-35(40(33,39(41)50)26-9-5-3-6-10-26)37(48)47(38(36)49)32-23-28(42(44,45)46)17-22-31(32)43/h3-23,35-36H,1-2H3/t35-,36-,40-,41+/m1/s1. The lowest BCUT2D eigenvalue weighted by Crippen LogP contribution is -2.45. The van der Waals surface area contributed by atoms with Gasteiger partial charge in [-0.3, -0.25) is 14.4 Å². The Morgan fingerprint density at radius 2 is 1.04 bits per heavy atom. The van der Waals surface area contributed by atoms with Crippen LogP contribution in [0.1, 0.15) is 27.8 Å². The topological polar surface area (TPSA) is 72.9 Å². The number of Topliss-reactive ketones (excluding diaryl/α,β-unsaturated/α-hetero) is 1. The number of alkyl halides is 3. The zero-order valence-electron chi connectivity index (χ0n) is 27.8. The number of carbonyl (C=O) groups excluding carboxylic acids is 3. The van der Waals surface area contributed by atoms with E-state index < -0.39 is 51.9 Å². The molecule has 10 heteroatoms. The Balaban J connectivity index is 1.52. The van der Waals surface area contributed by atoms with Crippen LogP contribution in [0, 0.1) is 11.8 Å². The lowest BCUT2D eigenvalue weighted by molar-refractivity contribution is -0.137. The number of anilines is 1. The van der Waals surface area contributed by atoms with E-state index in [1.807, 2.05) is 24.3 Å². The number of allylic oxidation sites excluding steroid dienone is 2. The van der Waals surface area contributed by atoms with Gasteiger partial charge in [0.05, 0.1) is 53.2 Å². The Hall–Kier alpha value is -5.67. The molecule has 0 unspecified atom stereocenters. The fourth-order valence-electron chi connectivity index (χ4n) is 8.74. The highest BCUT2D eigenvalue weighted by Crippen LogP contribution is 2.74. The number of ketones is 1. The molecule has 2 amide bonds. The molecular formula is C42H29ClF3NO5. The lowest BCUT2D eigenvalue weighted by Gasteiger charge is -2.39. The van der Waals surface area contributed by atoms with Crippen molar-refractivity contribution in [1.82, 2.24) is 0 Å². The van der Waals surface area contributed by atoms with E-state index in [4.69, 9.17) is 21.1 Å². The maximum Gasteiger partial charge on any atom is 0.416 e. The highest BCUT2D eigenvalue weighted by Gasteiger charge is 2.82. The van der Waals surface area contributed by atoms with E-state index in [2.05, 4.69) is 0 Å². The number of benzene rings is 5. The van der Waals surface area contributed by atoms with Gasteiger partial charge in [-0.1, -0.05) is 96.5 Å². The van der Waals surface area contributed by atoms with E-state index in [1.54, 1.807) is 84.9 Å². The van der Waals surface area contributed by atoms with Crippen LogP contribution in [0.2, 0.25) is 5.02 Å². The van der Waals surface area contributed by atoms with Crippen LogP contribution >= 0.6 is 11.6 Å². The molecule has 52 heavy (non-hydrogen) atoms. The zero-order valence-corrected chi connectivity index (χ0v) is 28.5. The highest BCUT2D eigenvalue weighted by atomic mass is 35.5. The van der Waals surface area contributed by atoms with Gasteiger partial charge in [0.1, 0.15) is 11.5 Å². The molecule has 3 aliphatic rings. The molecule has 5 aromatic rings. The maximum atomic E-state index is 16.0. The molecule has 6 nitrogen and oxygen atoms in total. The van der Waals surface area contributed by atoms with Gasteiger partial charge in [-0.25, -0.2) is 4.90 Å². The summed E-state index contributed by atoms with van der Waals surface area (Å²) in [5.41, 5.74) is -1.80. The first-order valence-corrected chi connectivity index (χ1v) is 16.8. The van der Waals surface area contributed by atoms with Crippen molar-refractivity contribution in [2.24, 2.45) is 11.8 Å². The molecule has 260 valence electrons. The molecule has 2 aliphatic carbocycles. The summed E-state index contributed by atoms with van der Waals surface area (Å²) in [5.74, 6) is -3.57. The number of carbonyl (C=O) groups is 3. The largest absolute Gasteiger partial charge is 0.497 e. The number of fused-ring (bicyclic) bond motifs is 5. The number of rotatable bonds is 7. The molecular weight excluding hydrogens is 691 g/mol. The van der Waals surface area contributed by atoms with E-state index in [1.165, 1.54) is 14.2 Å². The van der Waals surface area contributed by atoms with Crippen molar-refractivity contribution in [2.45, 2.75) is 17.0 Å². The smallest absolute Gasteiger partial charge is 0.416 e. The molecule has 1 heterocycles. The Bertz CT molecular complexity index is 2160. The predicted octanol–water partition coefficient (Wildman–Crippen LogP) is 8.56. The summed E-state index contributed by atoms with van der Waals surface area (Å²) >= 11 is 6.53. The van der Waals surface area contributed by atoms with Crippen molar-refractivity contribution >= 4 is 46.0 Å². The van der Waals surface area contributed by atoms with E-state index in [9.17, 15) is 13.2 Å². The van der Waals surface area contributed by atoms with E-state index in [-0.39, 0.29) is 10.8 Å². The third-order valence-corrected chi connectivity index (χ3v) is 11.0. The number of hydrogen-bond acceptors (Lipinski definition) is 5. The fraction of sp³-hybridized carbons (Fsp3) is 0.167. The summed E-state index contributed by atoms with van der Waals surface area (Å²) < 4.78 is 53.1. The van der Waals surface area contributed by atoms with Crippen LogP contribution in [0.5, 0.6) is 11.5 Å². The average Bonchev–Trinajstić information content (AvgIpc) is 3.67. The fourth-order valence-corrected chi connectivity index (χ4v) is 8.94. The van der Waals surface area contributed by atoms with Crippen LogP contribution in [-0.2, 0) is 31.4 Å². The van der Waals surface area contributed by atoms with Gasteiger partial charge in [0.25, 0.3) is 0 Å². The van der Waals surface area contributed by atoms with Crippen molar-refractivity contribution in [3.63, 3.8) is 0 Å². The third-order valence-electron chi connectivity index (χ3n) is 10.7. The van der Waals surface area contributed by atoms with Gasteiger partial charge in [-0.05, 0) is 75.9 Å². The molecule has 5 aromatic carbocycles. The molecule has 0 aromatic heterocycles. The highest BCUT2D eigenvalue weighted by molar-refractivity contribution is 6.41. The molecule has 4 atom stereocenters. The minimum atomic E-state index is -4.78. The molecule has 0 N–H and O–H groups in total. The van der Waals surface area contributed by atoms with Gasteiger partial charge in [-0.15, -0.1) is 0 Å². The number of amides is 2. The van der Waals surface area contributed by atoms with Crippen molar-refractivity contribution < 1.29 is 37.0 Å². The molecule has 0 radical (unpaired) electrons. The zero-order chi connectivity index (χ0) is 36.6. The first-order chi connectivity index (χ1) is 25.0. The third kappa shape index (κ3) is 4.41. The minimum absolute atomic E-state index is 0.213. The van der Waals surface area contributed by atoms with Crippen LogP contribution in [-0.4, -0.2) is 31.8 Å². The van der Waals surface area contributed by atoms with Crippen LogP contribution in [0.25, 0.3) is 11.1 Å². The summed E-state index contributed by atoms with van der Waals surface area (Å²) in [5, 5.41) is -0.213. The summed E-state index contributed by atoms with van der Waals surface area (Å²) in [4.78, 5) is 47.1. The van der Waals surface area contributed by atoms with Gasteiger partial charge in [-0.2, -0.15) is 13.2 Å². The summed E-state index contributed by atoms with van der Waals surface area (Å²) in [7, 11) is 3.07. The van der Waals surface area contributed by atoms with Crippen LogP contribution < -0.4 is 14.4 Å². The first kappa shape index (κ1) is 33.5. The Morgan fingerprint density at radius 3 is 1.42 bits per heavy atom. The average molecular weight is 720 g/mol. The van der Waals surface area contributed by atoms with Gasteiger partial charge >= 0.3 is 6.18 Å². The van der Waals surface area contributed by atoms with E-state index in [0.717, 1.165) is 23.1 Å². The number of ether oxygens (including phenoxy) is 2. The second-order valence-corrected chi connectivity index (χ2v) is 13.4. The second-order valence-electron chi connectivity index (χ2n) is 13.0. The molecule has 1 saturated heterocycles. The number of nitrogens with zero attached hydrogens (tertiary/aromatic N) is 1. The summed E-state index contributed by atoms with van der Waals surface area (Å²) in [6, 6.07) is 34.5. The van der Waals surface area contributed by atoms with E-state index >= 15 is 14.4 Å². The second kappa shape index (κ2) is 12.0. The number of halogens is 4. The van der Waals surface area contributed by atoms with Gasteiger partial charge in [0.15, 0.2) is 5.78 Å². The van der Waals surface area contributed by atoms with Crippen LogP contribution in [0.4, 0.5) is 18.9 Å². The first-order valence-electron chi connectivity index (χ1n) is 16.5. The van der Waals surface area contributed by atoms with Gasteiger partial charge in [0.2, 0.25) is 11.8 Å². The summed E-state index contributed by atoms with van der Waals surface area (Å²) in [6.07, 6.45) is -4.78. The Labute approximate surface area is 302 Å². The monoisotopic (exact) mass is 719 g/mol. The Morgan fingerprint density at radius 1 is 0.615 bits per heavy atom. The van der Waals surface area contributed by atoms with Crippen molar-refractivity contribution in [2.75, 3.05) is 19.1 Å². The maximum absolute atomic E-state index is 16.0. The number of imide groups is 1. The number of hydrogen-bond donors (Lipinski definition) is 0. The predicted molar refractivity (Wildman–Crippen MR) is 190 cm³/mol. The molecule has 2 bridgehead atoms.